The molecule has 0 bridgehead atoms. The Morgan fingerprint density at radius 1 is 1.12 bits per heavy atom. The monoisotopic (exact) mass is 366 g/mol. The van der Waals surface area contributed by atoms with E-state index in [1.165, 1.54) is 44.5 Å². The van der Waals surface area contributed by atoms with Crippen molar-refractivity contribution < 1.29 is 4.39 Å². The molecule has 4 nitrogen and oxygen atoms in total. The maximum Gasteiger partial charge on any atom is 0.176 e. The summed E-state index contributed by atoms with van der Waals surface area (Å²) in [6.07, 6.45) is 9.36. The molecular weight excluding hydrogens is 327 g/mol. The van der Waals surface area contributed by atoms with E-state index in [0.717, 1.165) is 38.1 Å². The van der Waals surface area contributed by atoms with Gasteiger partial charge in [-0.3, -0.25) is 14.8 Å². The zero-order valence-corrected chi connectivity index (χ0v) is 17.5. The molecule has 0 spiro atoms. The maximum absolute atomic E-state index is 13.0. The first-order valence-electron chi connectivity index (χ1n) is 10.7. The van der Waals surface area contributed by atoms with Gasteiger partial charge in [-0.1, -0.05) is 47.5 Å². The van der Waals surface area contributed by atoms with Gasteiger partial charge in [-0.25, -0.2) is 4.39 Å². The number of hydrogen-bond donors (Lipinski definition) is 1. The number of nitrogens with zero attached hydrogens (tertiary/aromatic N) is 3. The lowest BCUT2D eigenvalue weighted by atomic mass is 9.72. The van der Waals surface area contributed by atoms with Gasteiger partial charge >= 0.3 is 0 Å². The summed E-state index contributed by atoms with van der Waals surface area (Å²) in [4.78, 5) is 9.25. The van der Waals surface area contributed by atoms with Gasteiger partial charge in [0.15, 0.2) is 12.1 Å². The predicted molar refractivity (Wildman–Crippen MR) is 109 cm³/mol. The van der Waals surface area contributed by atoms with Gasteiger partial charge in [0.1, 0.15) is 0 Å². The summed E-state index contributed by atoms with van der Waals surface area (Å²) in [6.45, 7) is 15.4. The Hall–Kier alpha value is -0.940. The van der Waals surface area contributed by atoms with Crippen molar-refractivity contribution in [2.75, 3.05) is 26.2 Å². The highest BCUT2D eigenvalue weighted by atomic mass is 19.1. The van der Waals surface area contributed by atoms with E-state index < -0.39 is 0 Å². The smallest absolute Gasteiger partial charge is 0.176 e. The molecule has 3 unspecified atom stereocenters. The first-order valence-corrected chi connectivity index (χ1v) is 10.7. The van der Waals surface area contributed by atoms with Crippen LogP contribution in [0, 0.1) is 11.3 Å². The molecule has 2 fully saturated rings. The summed E-state index contributed by atoms with van der Waals surface area (Å²) in [5.41, 5.74) is 0.522. The zero-order valence-electron chi connectivity index (χ0n) is 17.5. The fourth-order valence-corrected chi connectivity index (χ4v) is 4.67. The molecule has 0 aromatic heterocycles. The zero-order chi connectivity index (χ0) is 19.2. The van der Waals surface area contributed by atoms with Crippen LogP contribution in [0.3, 0.4) is 0 Å². The molecule has 1 N–H and O–H groups in total. The lowest BCUT2D eigenvalue weighted by Crippen LogP contribution is -2.55. The number of rotatable bonds is 5. The van der Waals surface area contributed by atoms with E-state index in [1.807, 2.05) is 13.8 Å². The first-order chi connectivity index (χ1) is 12.6. The Morgan fingerprint density at radius 2 is 1.73 bits per heavy atom. The van der Waals surface area contributed by atoms with E-state index in [0.29, 0.717) is 5.41 Å². The highest BCUT2D eigenvalue weighted by Gasteiger charge is 2.39. The minimum absolute atomic E-state index is 0.0912. The van der Waals surface area contributed by atoms with E-state index in [-0.39, 0.29) is 12.1 Å². The number of aliphatic imine (C=N–C) groups is 1. The number of hydrogen-bond acceptors (Lipinski definition) is 4. The van der Waals surface area contributed by atoms with Crippen molar-refractivity contribution >= 4 is 6.21 Å². The van der Waals surface area contributed by atoms with Gasteiger partial charge in [0.25, 0.3) is 0 Å². The van der Waals surface area contributed by atoms with Crippen molar-refractivity contribution in [1.82, 2.24) is 15.1 Å². The standard InChI is InChI=1S/C19H33FN4.C2H6/c1-4-19(3,5-2)15-6-7-17(12-15)23-8-10-24(11-9-23)18-21-13-16(20)14-22-18;1-2/h13-15,17-18,21H,4-12H2,1-3H3;1-2H3. The van der Waals surface area contributed by atoms with Crippen molar-refractivity contribution in [3.05, 3.63) is 12.0 Å². The molecule has 3 aliphatic rings. The Morgan fingerprint density at radius 3 is 2.27 bits per heavy atom. The molecule has 1 saturated carbocycles. The topological polar surface area (TPSA) is 30.9 Å². The molecule has 26 heavy (non-hydrogen) atoms. The number of nitrogens with one attached hydrogen (secondary N) is 1. The Labute approximate surface area is 159 Å². The molecule has 5 heteroatoms. The molecule has 0 radical (unpaired) electrons. The van der Waals surface area contributed by atoms with Crippen LogP contribution in [0.5, 0.6) is 0 Å². The maximum atomic E-state index is 13.0. The van der Waals surface area contributed by atoms with Crippen LogP contribution in [-0.2, 0) is 0 Å². The second kappa shape index (κ2) is 9.84. The van der Waals surface area contributed by atoms with Crippen molar-refractivity contribution in [3.63, 3.8) is 0 Å². The number of halogens is 1. The molecule has 2 aliphatic heterocycles. The minimum atomic E-state index is -0.295. The van der Waals surface area contributed by atoms with Crippen molar-refractivity contribution in [2.24, 2.45) is 16.3 Å². The van der Waals surface area contributed by atoms with Crippen LogP contribution < -0.4 is 5.32 Å². The molecule has 3 rings (SSSR count). The van der Waals surface area contributed by atoms with Crippen LogP contribution in [0.2, 0.25) is 0 Å². The lowest BCUT2D eigenvalue weighted by Gasteiger charge is -2.41. The number of piperazine rings is 1. The van der Waals surface area contributed by atoms with Gasteiger partial charge in [0.05, 0.1) is 6.21 Å². The van der Waals surface area contributed by atoms with Gasteiger partial charge in [-0.15, -0.1) is 0 Å². The lowest BCUT2D eigenvalue weighted by molar-refractivity contribution is 0.0609. The predicted octanol–water partition coefficient (Wildman–Crippen LogP) is 4.39. The normalized spacial score (nSPS) is 30.4. The Kier molecular flexibility index (Phi) is 8.08. The SMILES string of the molecule is CC.CCC(C)(CC)C1CCC(N2CCN(C3N=CC(F)=CN3)CC2)C1. The molecule has 1 saturated heterocycles. The van der Waals surface area contributed by atoms with Crippen LogP contribution in [-0.4, -0.2) is 54.5 Å². The van der Waals surface area contributed by atoms with Crippen LogP contribution >= 0.6 is 0 Å². The van der Waals surface area contributed by atoms with E-state index >= 15 is 0 Å². The second-order valence-electron chi connectivity index (χ2n) is 7.94. The summed E-state index contributed by atoms with van der Waals surface area (Å²) in [7, 11) is 0. The van der Waals surface area contributed by atoms with Crippen molar-refractivity contribution in [3.8, 4) is 0 Å². The fraction of sp³-hybridized carbons (Fsp3) is 0.857. The van der Waals surface area contributed by atoms with Crippen molar-refractivity contribution in [2.45, 2.75) is 79.1 Å². The molecule has 2 heterocycles. The van der Waals surface area contributed by atoms with Crippen LogP contribution in [0.15, 0.2) is 17.0 Å². The average Bonchev–Trinajstić information content (AvgIpc) is 3.20. The fourth-order valence-electron chi connectivity index (χ4n) is 4.67. The quantitative estimate of drug-likeness (QED) is 0.783. The average molecular weight is 367 g/mol. The van der Waals surface area contributed by atoms with Crippen molar-refractivity contribution in [1.29, 1.82) is 0 Å². The summed E-state index contributed by atoms with van der Waals surface area (Å²) in [5.74, 6) is 0.588. The van der Waals surface area contributed by atoms with Gasteiger partial charge in [0, 0.05) is 38.4 Å². The third-order valence-electron chi connectivity index (χ3n) is 6.93. The van der Waals surface area contributed by atoms with E-state index in [9.17, 15) is 4.39 Å². The summed E-state index contributed by atoms with van der Waals surface area (Å²) in [6, 6.07) is 0.759. The third kappa shape index (κ3) is 4.86. The van der Waals surface area contributed by atoms with E-state index in [1.54, 1.807) is 0 Å². The van der Waals surface area contributed by atoms with Gasteiger partial charge in [0.2, 0.25) is 0 Å². The highest BCUT2D eigenvalue weighted by Crippen LogP contribution is 2.45. The van der Waals surface area contributed by atoms with Crippen LogP contribution in [0.25, 0.3) is 0 Å². The molecule has 3 atom stereocenters. The third-order valence-corrected chi connectivity index (χ3v) is 6.93. The van der Waals surface area contributed by atoms with E-state index in [4.69, 9.17) is 0 Å². The first kappa shape index (κ1) is 21.4. The second-order valence-corrected chi connectivity index (χ2v) is 7.94. The van der Waals surface area contributed by atoms with Gasteiger partial charge in [-0.2, -0.15) is 0 Å². The van der Waals surface area contributed by atoms with Gasteiger partial charge < -0.3 is 5.32 Å². The summed E-state index contributed by atoms with van der Waals surface area (Å²) >= 11 is 0. The minimum Gasteiger partial charge on any atom is -0.355 e. The molecule has 0 aromatic rings. The summed E-state index contributed by atoms with van der Waals surface area (Å²) in [5, 5.41) is 3.04. The largest absolute Gasteiger partial charge is 0.355 e. The molecule has 0 aromatic carbocycles. The molecule has 0 amide bonds. The van der Waals surface area contributed by atoms with Crippen LogP contribution in [0.1, 0.15) is 66.7 Å². The van der Waals surface area contributed by atoms with Gasteiger partial charge in [-0.05, 0) is 30.6 Å². The van der Waals surface area contributed by atoms with E-state index in [2.05, 4.69) is 40.9 Å². The Bertz CT molecular complexity index is 478. The Balaban J connectivity index is 0.00000117. The number of allylic oxidation sites excluding steroid dienone is 1. The highest BCUT2D eigenvalue weighted by molar-refractivity contribution is 5.76. The van der Waals surface area contributed by atoms with Crippen LogP contribution in [0.4, 0.5) is 4.39 Å². The molecule has 1 aliphatic carbocycles. The molecular formula is C21H39FN4. The summed E-state index contributed by atoms with van der Waals surface area (Å²) < 4.78 is 13.0. The molecule has 150 valence electrons.